The predicted molar refractivity (Wildman–Crippen MR) is 82.4 cm³/mol. The lowest BCUT2D eigenvalue weighted by molar-refractivity contribution is -0.147. The maximum Gasteiger partial charge on any atom is 0.323 e. The highest BCUT2D eigenvalue weighted by molar-refractivity contribution is 5.81. The second-order valence-electron chi connectivity index (χ2n) is 6.36. The van der Waals surface area contributed by atoms with Gasteiger partial charge in [0.25, 0.3) is 0 Å². The number of nitrogens with zero attached hydrogens (tertiary/aromatic N) is 2. The molecule has 2 fully saturated rings. The number of methoxy groups -OCH3 is 2. The quantitative estimate of drug-likeness (QED) is 0.710. The van der Waals surface area contributed by atoms with E-state index in [1.165, 1.54) is 26.4 Å². The summed E-state index contributed by atoms with van der Waals surface area (Å²) in [7, 11) is 4.91. The van der Waals surface area contributed by atoms with E-state index in [4.69, 9.17) is 9.47 Å². The van der Waals surface area contributed by atoms with Crippen molar-refractivity contribution in [1.82, 2.24) is 9.80 Å². The number of carbonyl (C=O) groups is 2. The molecule has 0 aromatic heterocycles. The zero-order valence-corrected chi connectivity index (χ0v) is 13.9. The third kappa shape index (κ3) is 3.98. The second kappa shape index (κ2) is 7.92. The summed E-state index contributed by atoms with van der Waals surface area (Å²) < 4.78 is 10.2. The standard InChI is InChI=1S/C16H28N2O4/c1-17(12-7-5-4-6-8-12)15(19)11-18-10-13(21-2)9-14(18)16(20)22-3/h12-14H,4-11H2,1-3H3/t13-,14+/m0/s1. The predicted octanol–water partition coefficient (Wildman–Crippen LogP) is 1.04. The Labute approximate surface area is 132 Å². The Morgan fingerprint density at radius 1 is 1.18 bits per heavy atom. The molecule has 1 saturated carbocycles. The highest BCUT2D eigenvalue weighted by Gasteiger charge is 2.39. The third-order valence-corrected chi connectivity index (χ3v) is 5.03. The molecule has 1 amide bonds. The van der Waals surface area contributed by atoms with E-state index in [9.17, 15) is 9.59 Å². The van der Waals surface area contributed by atoms with Gasteiger partial charge in [-0.3, -0.25) is 14.5 Å². The molecule has 0 aromatic carbocycles. The maximum absolute atomic E-state index is 12.5. The molecule has 0 aromatic rings. The fraction of sp³-hybridized carbons (Fsp3) is 0.875. The van der Waals surface area contributed by atoms with E-state index in [0.717, 1.165) is 12.8 Å². The summed E-state index contributed by atoms with van der Waals surface area (Å²) in [5, 5.41) is 0. The largest absolute Gasteiger partial charge is 0.468 e. The van der Waals surface area contributed by atoms with Crippen LogP contribution in [0.1, 0.15) is 38.5 Å². The normalized spacial score (nSPS) is 26.9. The van der Waals surface area contributed by atoms with Crippen LogP contribution < -0.4 is 0 Å². The van der Waals surface area contributed by atoms with E-state index in [1.807, 2.05) is 16.8 Å². The van der Waals surface area contributed by atoms with Crippen molar-refractivity contribution in [3.63, 3.8) is 0 Å². The van der Waals surface area contributed by atoms with Gasteiger partial charge in [0.2, 0.25) is 5.91 Å². The molecule has 0 N–H and O–H groups in total. The average molecular weight is 312 g/mol. The number of esters is 1. The van der Waals surface area contributed by atoms with E-state index >= 15 is 0 Å². The summed E-state index contributed by atoms with van der Waals surface area (Å²) in [5.41, 5.74) is 0. The van der Waals surface area contributed by atoms with Gasteiger partial charge in [-0.1, -0.05) is 19.3 Å². The van der Waals surface area contributed by atoms with Gasteiger partial charge in [0.1, 0.15) is 6.04 Å². The molecule has 2 rings (SSSR count). The van der Waals surface area contributed by atoms with Crippen molar-refractivity contribution in [1.29, 1.82) is 0 Å². The number of carbonyl (C=O) groups excluding carboxylic acids is 2. The van der Waals surface area contributed by atoms with Crippen molar-refractivity contribution < 1.29 is 19.1 Å². The molecule has 2 aliphatic rings. The Morgan fingerprint density at radius 2 is 1.86 bits per heavy atom. The van der Waals surface area contributed by atoms with Gasteiger partial charge >= 0.3 is 5.97 Å². The molecule has 0 bridgehead atoms. The Kier molecular flexibility index (Phi) is 6.20. The first kappa shape index (κ1) is 17.2. The molecule has 0 spiro atoms. The van der Waals surface area contributed by atoms with Crippen molar-refractivity contribution in [2.24, 2.45) is 0 Å². The summed E-state index contributed by atoms with van der Waals surface area (Å²) in [6.45, 7) is 0.854. The lowest BCUT2D eigenvalue weighted by Crippen LogP contribution is -2.47. The minimum atomic E-state index is -0.376. The molecular weight excluding hydrogens is 284 g/mol. The van der Waals surface area contributed by atoms with Crippen molar-refractivity contribution in [3.8, 4) is 0 Å². The summed E-state index contributed by atoms with van der Waals surface area (Å²) in [6, 6.07) is -0.0303. The van der Waals surface area contributed by atoms with E-state index < -0.39 is 0 Å². The van der Waals surface area contributed by atoms with Crippen LogP contribution in [0.15, 0.2) is 0 Å². The van der Waals surface area contributed by atoms with Crippen LogP contribution >= 0.6 is 0 Å². The van der Waals surface area contributed by atoms with Gasteiger partial charge in [0.15, 0.2) is 0 Å². The number of ether oxygens (including phenoxy) is 2. The Bertz CT molecular complexity index is 396. The van der Waals surface area contributed by atoms with Crippen LogP contribution in [-0.4, -0.2) is 74.2 Å². The third-order valence-electron chi connectivity index (χ3n) is 5.03. The fourth-order valence-electron chi connectivity index (χ4n) is 3.55. The Morgan fingerprint density at radius 3 is 2.45 bits per heavy atom. The van der Waals surface area contributed by atoms with E-state index in [-0.39, 0.29) is 30.6 Å². The van der Waals surface area contributed by atoms with Gasteiger partial charge in [0, 0.05) is 33.2 Å². The summed E-state index contributed by atoms with van der Waals surface area (Å²) in [4.78, 5) is 28.2. The highest BCUT2D eigenvalue weighted by atomic mass is 16.5. The van der Waals surface area contributed by atoms with Crippen LogP contribution in [0.4, 0.5) is 0 Å². The number of rotatable bonds is 5. The van der Waals surface area contributed by atoms with Crippen molar-refractivity contribution in [2.75, 3.05) is 34.4 Å². The summed E-state index contributed by atoms with van der Waals surface area (Å²) in [5.74, 6) is -0.203. The molecule has 1 aliphatic carbocycles. The zero-order valence-electron chi connectivity index (χ0n) is 13.9. The van der Waals surface area contributed by atoms with Crippen LogP contribution in [0.5, 0.6) is 0 Å². The van der Waals surface area contributed by atoms with Crippen molar-refractivity contribution >= 4 is 11.9 Å². The maximum atomic E-state index is 12.5. The summed E-state index contributed by atoms with van der Waals surface area (Å²) >= 11 is 0. The van der Waals surface area contributed by atoms with Crippen LogP contribution in [0, 0.1) is 0 Å². The van der Waals surface area contributed by atoms with Gasteiger partial charge in [-0.15, -0.1) is 0 Å². The molecule has 1 heterocycles. The molecule has 0 unspecified atom stereocenters. The monoisotopic (exact) mass is 312 g/mol. The van der Waals surface area contributed by atoms with E-state index in [2.05, 4.69) is 0 Å². The number of hydrogen-bond donors (Lipinski definition) is 0. The van der Waals surface area contributed by atoms with E-state index in [0.29, 0.717) is 19.0 Å². The number of likely N-dealkylation sites (N-methyl/N-ethyl adjacent to an activating group) is 1. The first-order chi connectivity index (χ1) is 10.6. The Hall–Kier alpha value is -1.14. The zero-order chi connectivity index (χ0) is 16.1. The van der Waals surface area contributed by atoms with Crippen LogP contribution in [0.2, 0.25) is 0 Å². The number of likely N-dealkylation sites (tertiary alicyclic amines) is 1. The molecule has 1 saturated heterocycles. The van der Waals surface area contributed by atoms with Gasteiger partial charge in [-0.2, -0.15) is 0 Å². The molecule has 2 atom stereocenters. The molecular formula is C16H28N2O4. The lowest BCUT2D eigenvalue weighted by Gasteiger charge is -2.33. The number of amides is 1. The lowest BCUT2D eigenvalue weighted by atomic mass is 9.94. The van der Waals surface area contributed by atoms with Gasteiger partial charge in [-0.25, -0.2) is 0 Å². The number of hydrogen-bond acceptors (Lipinski definition) is 5. The van der Waals surface area contributed by atoms with Gasteiger partial charge < -0.3 is 14.4 Å². The molecule has 126 valence electrons. The van der Waals surface area contributed by atoms with Crippen LogP contribution in [0.3, 0.4) is 0 Å². The topological polar surface area (TPSA) is 59.1 Å². The highest BCUT2D eigenvalue weighted by Crippen LogP contribution is 2.24. The molecule has 6 nitrogen and oxygen atoms in total. The van der Waals surface area contributed by atoms with E-state index in [1.54, 1.807) is 7.11 Å². The molecule has 0 radical (unpaired) electrons. The fourth-order valence-corrected chi connectivity index (χ4v) is 3.55. The van der Waals surface area contributed by atoms with Gasteiger partial charge in [0.05, 0.1) is 19.8 Å². The smallest absolute Gasteiger partial charge is 0.323 e. The van der Waals surface area contributed by atoms with Gasteiger partial charge in [-0.05, 0) is 12.8 Å². The SMILES string of the molecule is COC(=O)[C@H]1C[C@H](OC)CN1CC(=O)N(C)C1CCCCC1. The minimum absolute atomic E-state index is 0.0168. The minimum Gasteiger partial charge on any atom is -0.468 e. The molecule has 1 aliphatic heterocycles. The average Bonchev–Trinajstić information content (AvgIpc) is 2.97. The summed E-state index contributed by atoms with van der Waals surface area (Å²) in [6.07, 6.45) is 6.41. The first-order valence-electron chi connectivity index (χ1n) is 8.17. The molecule has 22 heavy (non-hydrogen) atoms. The van der Waals surface area contributed by atoms with Crippen LogP contribution in [0.25, 0.3) is 0 Å². The Balaban J connectivity index is 1.94. The first-order valence-corrected chi connectivity index (χ1v) is 8.17. The van der Waals surface area contributed by atoms with Crippen LogP contribution in [-0.2, 0) is 19.1 Å². The second-order valence-corrected chi connectivity index (χ2v) is 6.36. The van der Waals surface area contributed by atoms with Crippen molar-refractivity contribution in [2.45, 2.75) is 56.7 Å². The molecule has 6 heteroatoms. The van der Waals surface area contributed by atoms with Crippen molar-refractivity contribution in [3.05, 3.63) is 0 Å².